The fraction of sp³-hybridized carbons (Fsp3) is 0.167. The van der Waals surface area contributed by atoms with Crippen LogP contribution in [0.25, 0.3) is 28.6 Å². The molecule has 1 aromatic carbocycles. The van der Waals surface area contributed by atoms with E-state index in [1.807, 2.05) is 6.26 Å². The van der Waals surface area contributed by atoms with Crippen molar-refractivity contribution in [3.05, 3.63) is 51.2 Å². The van der Waals surface area contributed by atoms with Crippen molar-refractivity contribution < 1.29 is 22.4 Å². The zero-order valence-electron chi connectivity index (χ0n) is 15.4. The van der Waals surface area contributed by atoms with Gasteiger partial charge in [0, 0.05) is 24.0 Å². The van der Waals surface area contributed by atoms with Crippen LogP contribution in [0.3, 0.4) is 0 Å². The van der Waals surface area contributed by atoms with Crippen molar-refractivity contribution in [1.82, 2.24) is 19.5 Å². The molecule has 0 spiro atoms. The van der Waals surface area contributed by atoms with Crippen LogP contribution in [0.4, 0.5) is 13.2 Å². The van der Waals surface area contributed by atoms with Gasteiger partial charge in [-0.25, -0.2) is 4.98 Å². The fourth-order valence-electron chi connectivity index (χ4n) is 2.68. The van der Waals surface area contributed by atoms with Crippen molar-refractivity contribution in [2.45, 2.75) is 6.18 Å². The minimum absolute atomic E-state index is 0.0294. The van der Waals surface area contributed by atoms with Gasteiger partial charge in [0.15, 0.2) is 5.65 Å². The highest BCUT2D eigenvalue weighted by atomic mass is 35.5. The van der Waals surface area contributed by atoms with Gasteiger partial charge in [-0.3, -0.25) is 0 Å². The summed E-state index contributed by atoms with van der Waals surface area (Å²) in [7, 11) is 0. The second-order valence-electron chi connectivity index (χ2n) is 6.17. The number of hydrogen-bond acceptors (Lipinski definition) is 6. The van der Waals surface area contributed by atoms with Gasteiger partial charge in [-0.1, -0.05) is 40.0 Å². The number of alkyl halides is 3. The Balaban J connectivity index is 1.70. The van der Waals surface area contributed by atoms with Gasteiger partial charge in [0.05, 0.1) is 20.6 Å². The standard InChI is InChI=1S/C18H10Cl3F3N4O2S/c1-31-7-29-14-4-10(19)9(3-11(14)20)15-26-17(30-27-15)13-6-28-5-8(18(22,23)24)2-12(21)16(28)25-13/h2-6H,7H2,1H3. The number of aromatic nitrogens is 4. The van der Waals surface area contributed by atoms with Crippen LogP contribution < -0.4 is 4.74 Å². The maximum Gasteiger partial charge on any atom is 0.417 e. The summed E-state index contributed by atoms with van der Waals surface area (Å²) in [5.74, 6) is 0.897. The summed E-state index contributed by atoms with van der Waals surface area (Å²) in [5, 5.41) is 4.28. The smallest absolute Gasteiger partial charge is 0.417 e. The van der Waals surface area contributed by atoms with Crippen LogP contribution in [0, 0.1) is 0 Å². The van der Waals surface area contributed by atoms with Crippen LogP contribution in [0.1, 0.15) is 5.56 Å². The maximum absolute atomic E-state index is 13.0. The first-order chi connectivity index (χ1) is 14.7. The van der Waals surface area contributed by atoms with E-state index in [-0.39, 0.29) is 33.1 Å². The van der Waals surface area contributed by atoms with Crippen LogP contribution in [-0.4, -0.2) is 31.7 Å². The van der Waals surface area contributed by atoms with Crippen LogP contribution in [0.5, 0.6) is 5.75 Å². The monoisotopic (exact) mass is 508 g/mol. The van der Waals surface area contributed by atoms with Crippen molar-refractivity contribution in [3.63, 3.8) is 0 Å². The van der Waals surface area contributed by atoms with Gasteiger partial charge < -0.3 is 13.7 Å². The highest BCUT2D eigenvalue weighted by Gasteiger charge is 2.32. The summed E-state index contributed by atoms with van der Waals surface area (Å²) in [6.45, 7) is 0. The number of imidazole rings is 1. The lowest BCUT2D eigenvalue weighted by Gasteiger charge is -2.08. The second-order valence-corrected chi connectivity index (χ2v) is 8.20. The first-order valence-electron chi connectivity index (χ1n) is 8.38. The number of fused-ring (bicyclic) bond motifs is 1. The van der Waals surface area contributed by atoms with E-state index in [9.17, 15) is 13.2 Å². The summed E-state index contributed by atoms with van der Waals surface area (Å²) in [6.07, 6.45) is -0.497. The maximum atomic E-state index is 13.0. The zero-order valence-corrected chi connectivity index (χ0v) is 18.5. The van der Waals surface area contributed by atoms with Gasteiger partial charge in [0.1, 0.15) is 17.4 Å². The average molecular weight is 510 g/mol. The SMILES string of the molecule is CSCOc1cc(Cl)c(-c2noc(-c3cn4cc(C(F)(F)F)cc(Cl)c4n3)n2)cc1Cl. The van der Waals surface area contributed by atoms with Crippen molar-refractivity contribution >= 4 is 52.2 Å². The minimum Gasteiger partial charge on any atom is -0.481 e. The molecule has 0 N–H and O–H groups in total. The lowest BCUT2D eigenvalue weighted by atomic mass is 10.2. The summed E-state index contributed by atoms with van der Waals surface area (Å²) < 4.78 is 50.9. The number of pyridine rings is 1. The number of benzene rings is 1. The molecule has 0 aliphatic carbocycles. The van der Waals surface area contributed by atoms with E-state index < -0.39 is 11.7 Å². The van der Waals surface area contributed by atoms with E-state index in [2.05, 4.69) is 15.1 Å². The van der Waals surface area contributed by atoms with Gasteiger partial charge in [-0.2, -0.15) is 18.2 Å². The zero-order chi connectivity index (χ0) is 22.3. The van der Waals surface area contributed by atoms with Crippen molar-refractivity contribution in [2.24, 2.45) is 0 Å². The van der Waals surface area contributed by atoms with Crippen molar-refractivity contribution in [3.8, 4) is 28.7 Å². The van der Waals surface area contributed by atoms with Gasteiger partial charge in [0.25, 0.3) is 5.89 Å². The predicted molar refractivity (Wildman–Crippen MR) is 113 cm³/mol. The van der Waals surface area contributed by atoms with Crippen LogP contribution in [-0.2, 0) is 6.18 Å². The molecule has 0 amide bonds. The lowest BCUT2D eigenvalue weighted by molar-refractivity contribution is -0.137. The molecule has 31 heavy (non-hydrogen) atoms. The Morgan fingerprint density at radius 3 is 2.55 bits per heavy atom. The molecule has 0 radical (unpaired) electrons. The molecule has 3 heterocycles. The van der Waals surface area contributed by atoms with Gasteiger partial charge in [-0.05, 0) is 18.4 Å². The van der Waals surface area contributed by atoms with Crippen LogP contribution >= 0.6 is 46.6 Å². The summed E-state index contributed by atoms with van der Waals surface area (Å²) >= 11 is 20.0. The Morgan fingerprint density at radius 2 is 1.84 bits per heavy atom. The molecule has 0 saturated heterocycles. The van der Waals surface area contributed by atoms with Gasteiger partial charge in [-0.15, -0.1) is 11.8 Å². The van der Waals surface area contributed by atoms with Gasteiger partial charge >= 0.3 is 6.18 Å². The molecule has 3 aromatic heterocycles. The number of nitrogens with zero attached hydrogens (tertiary/aromatic N) is 4. The number of thioether (sulfide) groups is 1. The normalized spacial score (nSPS) is 12.0. The first kappa shape index (κ1) is 22.1. The van der Waals surface area contributed by atoms with E-state index >= 15 is 0 Å². The molecular formula is C18H10Cl3F3N4O2S. The first-order valence-corrected chi connectivity index (χ1v) is 10.9. The van der Waals surface area contributed by atoms with Crippen LogP contribution in [0.2, 0.25) is 15.1 Å². The Labute approximate surface area is 192 Å². The van der Waals surface area contributed by atoms with Crippen molar-refractivity contribution in [2.75, 3.05) is 12.2 Å². The quantitative estimate of drug-likeness (QED) is 0.278. The van der Waals surface area contributed by atoms with Crippen molar-refractivity contribution in [1.29, 1.82) is 0 Å². The predicted octanol–water partition coefficient (Wildman–Crippen LogP) is 6.73. The fourth-order valence-corrected chi connectivity index (χ4v) is 3.64. The van der Waals surface area contributed by atoms with Gasteiger partial charge in [0.2, 0.25) is 5.82 Å². The van der Waals surface area contributed by atoms with E-state index in [4.69, 9.17) is 44.1 Å². The molecule has 13 heteroatoms. The molecule has 6 nitrogen and oxygen atoms in total. The third-order valence-electron chi connectivity index (χ3n) is 4.07. The largest absolute Gasteiger partial charge is 0.481 e. The number of ether oxygens (including phenoxy) is 1. The molecule has 0 bridgehead atoms. The summed E-state index contributed by atoms with van der Waals surface area (Å²) in [6, 6.07) is 3.87. The average Bonchev–Trinajstić information content (AvgIpc) is 3.34. The third kappa shape index (κ3) is 4.43. The second kappa shape index (κ2) is 8.42. The highest BCUT2D eigenvalue weighted by Crippen LogP contribution is 2.37. The topological polar surface area (TPSA) is 65.5 Å². The third-order valence-corrected chi connectivity index (χ3v) is 5.31. The Kier molecular flexibility index (Phi) is 5.99. The van der Waals surface area contributed by atoms with E-state index in [1.165, 1.54) is 30.1 Å². The molecular weight excluding hydrogens is 500 g/mol. The van der Waals surface area contributed by atoms with Crippen LogP contribution in [0.15, 0.2) is 35.1 Å². The molecule has 0 atom stereocenters. The Morgan fingerprint density at radius 1 is 1.06 bits per heavy atom. The molecule has 4 rings (SSSR count). The Hall–Kier alpha value is -2.14. The molecule has 0 saturated carbocycles. The summed E-state index contributed by atoms with van der Waals surface area (Å²) in [4.78, 5) is 8.42. The lowest BCUT2D eigenvalue weighted by Crippen LogP contribution is -2.06. The molecule has 4 aromatic rings. The highest BCUT2D eigenvalue weighted by molar-refractivity contribution is 7.98. The summed E-state index contributed by atoms with van der Waals surface area (Å²) in [5.41, 5.74) is -0.271. The minimum atomic E-state index is -4.55. The van der Waals surface area contributed by atoms with E-state index in [1.54, 1.807) is 0 Å². The molecule has 0 aliphatic heterocycles. The number of halogens is 6. The van der Waals surface area contributed by atoms with E-state index in [0.717, 1.165) is 16.7 Å². The van der Waals surface area contributed by atoms with E-state index in [0.29, 0.717) is 22.3 Å². The molecule has 0 unspecified atom stereocenters. The molecule has 0 fully saturated rings. The molecule has 162 valence electrons. The molecule has 0 aliphatic rings. The number of hydrogen-bond donors (Lipinski definition) is 0. The Bertz CT molecular complexity index is 1280. The number of rotatable bonds is 5.